The molecule has 0 radical (unpaired) electrons. The molecular weight excluding hydrogens is 300 g/mol. The molecule has 0 heterocycles. The molecule has 0 atom stereocenters. The van der Waals surface area contributed by atoms with Crippen LogP contribution in [0.2, 0.25) is 0 Å². The standard InChI is InChI=1S/C20H24N2O2/c23-20(21-17-10-3-1-4-11-17)22-19-14-8-7-9-16(19)15-24-18-12-5-2-6-13-18/h2,5-9,12-14,17H,1,3-4,10-11,15H2,(H2,21,22,23). The Hall–Kier alpha value is -2.49. The van der Waals surface area contributed by atoms with Gasteiger partial charge in [0.05, 0.1) is 0 Å². The van der Waals surface area contributed by atoms with E-state index in [9.17, 15) is 4.79 Å². The Labute approximate surface area is 143 Å². The lowest BCUT2D eigenvalue weighted by atomic mass is 9.96. The van der Waals surface area contributed by atoms with Gasteiger partial charge in [0.15, 0.2) is 0 Å². The molecule has 126 valence electrons. The molecule has 4 nitrogen and oxygen atoms in total. The van der Waals surface area contributed by atoms with Crippen molar-refractivity contribution in [3.05, 3.63) is 60.2 Å². The number of amides is 2. The van der Waals surface area contributed by atoms with Crippen molar-refractivity contribution in [3.63, 3.8) is 0 Å². The first-order valence-electron chi connectivity index (χ1n) is 8.64. The van der Waals surface area contributed by atoms with E-state index in [0.29, 0.717) is 12.6 Å². The van der Waals surface area contributed by atoms with E-state index in [1.54, 1.807) is 0 Å². The second-order valence-electron chi connectivity index (χ2n) is 6.19. The Kier molecular flexibility index (Phi) is 5.72. The lowest BCUT2D eigenvalue weighted by Crippen LogP contribution is -2.39. The lowest BCUT2D eigenvalue weighted by molar-refractivity contribution is 0.244. The highest BCUT2D eigenvalue weighted by Crippen LogP contribution is 2.20. The number of para-hydroxylation sites is 2. The molecule has 2 aromatic rings. The van der Waals surface area contributed by atoms with E-state index in [1.165, 1.54) is 19.3 Å². The Morgan fingerprint density at radius 1 is 0.958 bits per heavy atom. The predicted molar refractivity (Wildman–Crippen MR) is 96.2 cm³/mol. The number of anilines is 1. The van der Waals surface area contributed by atoms with Gasteiger partial charge < -0.3 is 15.4 Å². The molecule has 2 N–H and O–H groups in total. The van der Waals surface area contributed by atoms with Gasteiger partial charge in [0, 0.05) is 17.3 Å². The zero-order valence-electron chi connectivity index (χ0n) is 13.8. The van der Waals surface area contributed by atoms with Crippen molar-refractivity contribution >= 4 is 11.7 Å². The Morgan fingerprint density at radius 2 is 1.67 bits per heavy atom. The molecule has 0 bridgehead atoms. The Morgan fingerprint density at radius 3 is 2.46 bits per heavy atom. The highest BCUT2D eigenvalue weighted by Gasteiger charge is 2.16. The maximum absolute atomic E-state index is 12.2. The van der Waals surface area contributed by atoms with E-state index in [-0.39, 0.29) is 6.03 Å². The van der Waals surface area contributed by atoms with Crippen LogP contribution in [0.1, 0.15) is 37.7 Å². The van der Waals surface area contributed by atoms with Gasteiger partial charge in [-0.2, -0.15) is 0 Å². The fourth-order valence-electron chi connectivity index (χ4n) is 3.04. The van der Waals surface area contributed by atoms with Crippen LogP contribution in [0.4, 0.5) is 10.5 Å². The van der Waals surface area contributed by atoms with E-state index in [0.717, 1.165) is 29.8 Å². The van der Waals surface area contributed by atoms with Gasteiger partial charge in [0.1, 0.15) is 12.4 Å². The number of urea groups is 1. The van der Waals surface area contributed by atoms with Crippen LogP contribution in [0.3, 0.4) is 0 Å². The monoisotopic (exact) mass is 324 g/mol. The van der Waals surface area contributed by atoms with Crippen LogP contribution in [-0.2, 0) is 6.61 Å². The summed E-state index contributed by atoms with van der Waals surface area (Å²) in [4.78, 5) is 12.2. The molecule has 1 saturated carbocycles. The van der Waals surface area contributed by atoms with Gasteiger partial charge in [-0.15, -0.1) is 0 Å². The summed E-state index contributed by atoms with van der Waals surface area (Å²) in [6.45, 7) is 0.421. The number of ether oxygens (including phenoxy) is 1. The van der Waals surface area contributed by atoms with Crippen LogP contribution in [-0.4, -0.2) is 12.1 Å². The summed E-state index contributed by atoms with van der Waals surface area (Å²) in [7, 11) is 0. The summed E-state index contributed by atoms with van der Waals surface area (Å²) < 4.78 is 5.79. The first-order valence-corrected chi connectivity index (χ1v) is 8.64. The van der Waals surface area contributed by atoms with Crippen LogP contribution in [0, 0.1) is 0 Å². The summed E-state index contributed by atoms with van der Waals surface area (Å²) >= 11 is 0. The zero-order valence-corrected chi connectivity index (χ0v) is 13.8. The fourth-order valence-corrected chi connectivity index (χ4v) is 3.04. The average molecular weight is 324 g/mol. The molecule has 1 fully saturated rings. The minimum atomic E-state index is -0.130. The first-order chi connectivity index (χ1) is 11.8. The van der Waals surface area contributed by atoms with Crippen molar-refractivity contribution in [1.82, 2.24) is 5.32 Å². The minimum Gasteiger partial charge on any atom is -0.489 e. The first kappa shape index (κ1) is 16.4. The number of hydrogen-bond donors (Lipinski definition) is 2. The van der Waals surface area contributed by atoms with Crippen molar-refractivity contribution in [2.45, 2.75) is 44.8 Å². The molecule has 4 heteroatoms. The van der Waals surface area contributed by atoms with Gasteiger partial charge in [-0.05, 0) is 31.0 Å². The van der Waals surface area contributed by atoms with Crippen LogP contribution < -0.4 is 15.4 Å². The minimum absolute atomic E-state index is 0.130. The molecule has 0 aromatic heterocycles. The van der Waals surface area contributed by atoms with Crippen LogP contribution in [0.15, 0.2) is 54.6 Å². The third-order valence-corrected chi connectivity index (χ3v) is 4.34. The summed E-state index contributed by atoms with van der Waals surface area (Å²) in [5, 5.41) is 6.04. The van der Waals surface area contributed by atoms with Gasteiger partial charge in [-0.25, -0.2) is 4.79 Å². The number of rotatable bonds is 5. The summed E-state index contributed by atoms with van der Waals surface area (Å²) in [6.07, 6.45) is 5.83. The molecular formula is C20H24N2O2. The molecule has 1 aliphatic carbocycles. The number of nitrogens with one attached hydrogen (secondary N) is 2. The normalized spacial score (nSPS) is 14.8. The van der Waals surface area contributed by atoms with Crippen molar-refractivity contribution in [1.29, 1.82) is 0 Å². The lowest BCUT2D eigenvalue weighted by Gasteiger charge is -2.23. The SMILES string of the molecule is O=C(Nc1ccccc1COc1ccccc1)NC1CCCCC1. The average Bonchev–Trinajstić information content (AvgIpc) is 2.63. The second-order valence-corrected chi connectivity index (χ2v) is 6.19. The second kappa shape index (κ2) is 8.39. The molecule has 2 aromatic carbocycles. The maximum Gasteiger partial charge on any atom is 0.319 e. The number of carbonyl (C=O) groups excluding carboxylic acids is 1. The van der Waals surface area contributed by atoms with Crippen LogP contribution in [0.25, 0.3) is 0 Å². The predicted octanol–water partition coefficient (Wildman–Crippen LogP) is 4.72. The van der Waals surface area contributed by atoms with Gasteiger partial charge in [-0.3, -0.25) is 0 Å². The van der Waals surface area contributed by atoms with Crippen LogP contribution in [0.5, 0.6) is 5.75 Å². The van der Waals surface area contributed by atoms with Crippen molar-refractivity contribution in [2.24, 2.45) is 0 Å². The molecule has 0 aliphatic heterocycles. The maximum atomic E-state index is 12.2. The van der Waals surface area contributed by atoms with Gasteiger partial charge in [-0.1, -0.05) is 55.7 Å². The zero-order chi connectivity index (χ0) is 16.6. The van der Waals surface area contributed by atoms with E-state index >= 15 is 0 Å². The fraction of sp³-hybridized carbons (Fsp3) is 0.350. The molecule has 0 saturated heterocycles. The van der Waals surface area contributed by atoms with E-state index < -0.39 is 0 Å². The van der Waals surface area contributed by atoms with Crippen molar-refractivity contribution in [2.75, 3.05) is 5.32 Å². The molecule has 1 aliphatic rings. The van der Waals surface area contributed by atoms with Crippen LogP contribution >= 0.6 is 0 Å². The van der Waals surface area contributed by atoms with Crippen molar-refractivity contribution in [3.8, 4) is 5.75 Å². The highest BCUT2D eigenvalue weighted by molar-refractivity contribution is 5.90. The van der Waals surface area contributed by atoms with E-state index in [1.807, 2.05) is 54.6 Å². The highest BCUT2D eigenvalue weighted by atomic mass is 16.5. The largest absolute Gasteiger partial charge is 0.489 e. The van der Waals surface area contributed by atoms with E-state index in [2.05, 4.69) is 10.6 Å². The third-order valence-electron chi connectivity index (χ3n) is 4.34. The Bertz CT molecular complexity index is 652. The number of carbonyl (C=O) groups is 1. The van der Waals surface area contributed by atoms with Gasteiger partial charge >= 0.3 is 6.03 Å². The van der Waals surface area contributed by atoms with E-state index in [4.69, 9.17) is 4.74 Å². The molecule has 2 amide bonds. The molecule has 3 rings (SSSR count). The summed E-state index contributed by atoms with van der Waals surface area (Å²) in [5.41, 5.74) is 1.75. The summed E-state index contributed by atoms with van der Waals surface area (Å²) in [6, 6.07) is 17.6. The smallest absolute Gasteiger partial charge is 0.319 e. The number of benzene rings is 2. The molecule has 0 spiro atoms. The van der Waals surface area contributed by atoms with Gasteiger partial charge in [0.25, 0.3) is 0 Å². The topological polar surface area (TPSA) is 50.4 Å². The molecule has 0 unspecified atom stereocenters. The quantitative estimate of drug-likeness (QED) is 0.836. The number of hydrogen-bond acceptors (Lipinski definition) is 2. The third kappa shape index (κ3) is 4.75. The van der Waals surface area contributed by atoms with Crippen molar-refractivity contribution < 1.29 is 9.53 Å². The van der Waals surface area contributed by atoms with Gasteiger partial charge in [0.2, 0.25) is 0 Å². The Balaban J connectivity index is 1.57. The molecule has 24 heavy (non-hydrogen) atoms. The summed E-state index contributed by atoms with van der Waals surface area (Å²) in [5.74, 6) is 0.818.